The molecular formula is C14H16BrN3OS. The van der Waals surface area contributed by atoms with Gasteiger partial charge in [-0.2, -0.15) is 0 Å². The van der Waals surface area contributed by atoms with Crippen LogP contribution in [-0.4, -0.2) is 20.7 Å². The van der Waals surface area contributed by atoms with Crippen LogP contribution in [0.4, 0.5) is 0 Å². The summed E-state index contributed by atoms with van der Waals surface area (Å²) in [5, 5.41) is 0.525. The summed E-state index contributed by atoms with van der Waals surface area (Å²) in [7, 11) is 0. The van der Waals surface area contributed by atoms with Gasteiger partial charge in [0.15, 0.2) is 5.16 Å². The molecule has 0 aliphatic rings. The van der Waals surface area contributed by atoms with Gasteiger partial charge in [-0.3, -0.25) is 4.79 Å². The fourth-order valence-electron chi connectivity index (χ4n) is 1.83. The van der Waals surface area contributed by atoms with Crippen molar-refractivity contribution in [1.82, 2.24) is 9.55 Å². The Kier molecular flexibility index (Phi) is 4.88. The van der Waals surface area contributed by atoms with Crippen molar-refractivity contribution in [2.45, 2.75) is 30.8 Å². The molecule has 0 saturated carbocycles. The standard InChI is InChI=1S/C14H16BrN3OS/c1-3-18-12(10-4-6-11(15)7-5-10)8-17-14(18)20-9(2)13(16)19/h4-9H,3H2,1-2H3,(H2,16,19)/t9-/m0/s1. The van der Waals surface area contributed by atoms with Gasteiger partial charge in [0.25, 0.3) is 0 Å². The minimum atomic E-state index is -0.328. The summed E-state index contributed by atoms with van der Waals surface area (Å²) in [5.74, 6) is -0.328. The molecule has 20 heavy (non-hydrogen) atoms. The van der Waals surface area contributed by atoms with Crippen LogP contribution in [0.15, 0.2) is 40.1 Å². The average molecular weight is 354 g/mol. The maximum absolute atomic E-state index is 11.2. The third-order valence-corrected chi connectivity index (χ3v) is 4.61. The average Bonchev–Trinajstić information content (AvgIpc) is 2.82. The van der Waals surface area contributed by atoms with Gasteiger partial charge in [0, 0.05) is 11.0 Å². The first-order valence-corrected chi connectivity index (χ1v) is 7.97. The van der Waals surface area contributed by atoms with Crippen molar-refractivity contribution in [1.29, 1.82) is 0 Å². The van der Waals surface area contributed by atoms with Gasteiger partial charge in [-0.1, -0.05) is 39.8 Å². The highest BCUT2D eigenvalue weighted by Crippen LogP contribution is 2.29. The van der Waals surface area contributed by atoms with E-state index in [0.717, 1.165) is 27.4 Å². The highest BCUT2D eigenvalue weighted by atomic mass is 79.9. The summed E-state index contributed by atoms with van der Waals surface area (Å²) < 4.78 is 3.13. The van der Waals surface area contributed by atoms with Crippen LogP contribution in [0.3, 0.4) is 0 Å². The molecule has 1 atom stereocenters. The number of primary amides is 1. The van der Waals surface area contributed by atoms with Gasteiger partial charge in [-0.25, -0.2) is 4.98 Å². The van der Waals surface area contributed by atoms with E-state index in [1.54, 1.807) is 6.92 Å². The molecule has 0 bridgehead atoms. The molecule has 1 amide bonds. The van der Waals surface area contributed by atoms with Crippen LogP contribution in [0.1, 0.15) is 13.8 Å². The quantitative estimate of drug-likeness (QED) is 0.838. The fourth-order valence-corrected chi connectivity index (χ4v) is 2.99. The largest absolute Gasteiger partial charge is 0.369 e. The SMILES string of the molecule is CCn1c(-c2ccc(Br)cc2)cnc1S[C@@H](C)C(N)=O. The molecule has 0 saturated heterocycles. The summed E-state index contributed by atoms with van der Waals surface area (Å²) in [6.45, 7) is 4.64. The Labute approximate surface area is 130 Å². The topological polar surface area (TPSA) is 60.9 Å². The molecule has 6 heteroatoms. The van der Waals surface area contributed by atoms with Gasteiger partial charge in [0.05, 0.1) is 17.1 Å². The van der Waals surface area contributed by atoms with Gasteiger partial charge in [0.2, 0.25) is 5.91 Å². The molecule has 0 aliphatic carbocycles. The van der Waals surface area contributed by atoms with E-state index in [1.807, 2.05) is 30.5 Å². The lowest BCUT2D eigenvalue weighted by Crippen LogP contribution is -2.23. The minimum Gasteiger partial charge on any atom is -0.369 e. The van der Waals surface area contributed by atoms with Crippen LogP contribution in [0.5, 0.6) is 0 Å². The summed E-state index contributed by atoms with van der Waals surface area (Å²) in [6.07, 6.45) is 1.84. The Bertz CT molecular complexity index is 609. The molecule has 4 nitrogen and oxygen atoms in total. The summed E-state index contributed by atoms with van der Waals surface area (Å²) in [4.78, 5) is 15.6. The van der Waals surface area contributed by atoms with Crippen molar-refractivity contribution >= 4 is 33.6 Å². The maximum Gasteiger partial charge on any atom is 0.230 e. The highest BCUT2D eigenvalue weighted by molar-refractivity contribution is 9.10. The van der Waals surface area contributed by atoms with Crippen molar-refractivity contribution in [2.75, 3.05) is 0 Å². The zero-order valence-corrected chi connectivity index (χ0v) is 13.7. The van der Waals surface area contributed by atoms with Crippen LogP contribution in [-0.2, 0) is 11.3 Å². The monoisotopic (exact) mass is 353 g/mol. The number of hydrogen-bond acceptors (Lipinski definition) is 3. The van der Waals surface area contributed by atoms with Crippen molar-refractivity contribution < 1.29 is 4.79 Å². The molecule has 2 aromatic rings. The molecule has 2 N–H and O–H groups in total. The second-order valence-electron chi connectivity index (χ2n) is 4.34. The van der Waals surface area contributed by atoms with Crippen LogP contribution in [0, 0.1) is 0 Å². The van der Waals surface area contributed by atoms with E-state index < -0.39 is 0 Å². The summed E-state index contributed by atoms with van der Waals surface area (Å²) in [5.41, 5.74) is 7.45. The molecule has 106 valence electrons. The lowest BCUT2D eigenvalue weighted by Gasteiger charge is -2.11. The zero-order valence-electron chi connectivity index (χ0n) is 11.3. The molecule has 0 unspecified atom stereocenters. The normalized spacial score (nSPS) is 12.3. The number of amides is 1. The number of benzene rings is 1. The molecule has 1 aromatic heterocycles. The van der Waals surface area contributed by atoms with E-state index in [-0.39, 0.29) is 11.2 Å². The molecule has 0 radical (unpaired) electrons. The minimum absolute atomic E-state index is 0.291. The highest BCUT2D eigenvalue weighted by Gasteiger charge is 2.16. The van der Waals surface area contributed by atoms with Crippen molar-refractivity contribution in [3.05, 3.63) is 34.9 Å². The number of nitrogens with zero attached hydrogens (tertiary/aromatic N) is 2. The number of imidazole rings is 1. The first-order chi connectivity index (χ1) is 9.52. The number of halogens is 1. The van der Waals surface area contributed by atoms with Crippen molar-refractivity contribution in [3.63, 3.8) is 0 Å². The number of hydrogen-bond donors (Lipinski definition) is 1. The van der Waals surface area contributed by atoms with E-state index in [2.05, 4.69) is 32.4 Å². The second-order valence-corrected chi connectivity index (χ2v) is 6.56. The number of carbonyl (C=O) groups excluding carboxylic acids is 1. The maximum atomic E-state index is 11.2. The van der Waals surface area contributed by atoms with E-state index in [4.69, 9.17) is 5.73 Å². The number of aromatic nitrogens is 2. The molecule has 1 aromatic carbocycles. The van der Waals surface area contributed by atoms with Crippen molar-refractivity contribution in [2.24, 2.45) is 5.73 Å². The lowest BCUT2D eigenvalue weighted by molar-refractivity contribution is -0.117. The second kappa shape index (κ2) is 6.45. The zero-order chi connectivity index (χ0) is 14.7. The smallest absolute Gasteiger partial charge is 0.230 e. The molecule has 0 spiro atoms. The Morgan fingerprint density at radius 1 is 1.45 bits per heavy atom. The predicted molar refractivity (Wildman–Crippen MR) is 85.6 cm³/mol. The first-order valence-electron chi connectivity index (χ1n) is 6.30. The lowest BCUT2D eigenvalue weighted by atomic mass is 10.2. The van der Waals surface area contributed by atoms with E-state index in [1.165, 1.54) is 11.8 Å². The van der Waals surface area contributed by atoms with Gasteiger partial charge in [-0.05, 0) is 31.5 Å². The Morgan fingerprint density at radius 3 is 2.65 bits per heavy atom. The van der Waals surface area contributed by atoms with Crippen LogP contribution in [0.2, 0.25) is 0 Å². The van der Waals surface area contributed by atoms with Crippen LogP contribution >= 0.6 is 27.7 Å². The first kappa shape index (κ1) is 15.1. The molecule has 1 heterocycles. The Balaban J connectivity index is 2.34. The fraction of sp³-hybridized carbons (Fsp3) is 0.286. The predicted octanol–water partition coefficient (Wildman–Crippen LogP) is 3.30. The number of rotatable bonds is 5. The summed E-state index contributed by atoms with van der Waals surface area (Å²) >= 11 is 4.82. The summed E-state index contributed by atoms with van der Waals surface area (Å²) in [6, 6.07) is 8.08. The molecular weight excluding hydrogens is 338 g/mol. The van der Waals surface area contributed by atoms with E-state index in [0.29, 0.717) is 0 Å². The van der Waals surface area contributed by atoms with Gasteiger partial charge < -0.3 is 10.3 Å². The molecule has 0 aliphatic heterocycles. The molecule has 0 fully saturated rings. The number of carbonyl (C=O) groups is 1. The van der Waals surface area contributed by atoms with Crippen LogP contribution in [0.25, 0.3) is 11.3 Å². The third-order valence-electron chi connectivity index (χ3n) is 2.96. The number of thioether (sulfide) groups is 1. The van der Waals surface area contributed by atoms with Crippen molar-refractivity contribution in [3.8, 4) is 11.3 Å². The van der Waals surface area contributed by atoms with Gasteiger partial charge in [-0.15, -0.1) is 0 Å². The van der Waals surface area contributed by atoms with E-state index >= 15 is 0 Å². The van der Waals surface area contributed by atoms with Gasteiger partial charge in [0.1, 0.15) is 0 Å². The van der Waals surface area contributed by atoms with Crippen LogP contribution < -0.4 is 5.73 Å². The van der Waals surface area contributed by atoms with Gasteiger partial charge >= 0.3 is 0 Å². The third kappa shape index (κ3) is 3.24. The Morgan fingerprint density at radius 2 is 2.10 bits per heavy atom. The number of nitrogens with two attached hydrogens (primary N) is 1. The Hall–Kier alpha value is -1.27. The van der Waals surface area contributed by atoms with E-state index in [9.17, 15) is 4.79 Å². The molecule has 2 rings (SSSR count).